The highest BCUT2D eigenvalue weighted by Crippen LogP contribution is 2.35. The first kappa shape index (κ1) is 40.9. The highest BCUT2D eigenvalue weighted by molar-refractivity contribution is 6.38. The zero-order valence-corrected chi connectivity index (χ0v) is 30.8. The van der Waals surface area contributed by atoms with Crippen LogP contribution in [0.2, 0.25) is 0 Å². The van der Waals surface area contributed by atoms with Gasteiger partial charge in [-0.05, 0) is 41.1 Å². The molecule has 4 N–H and O–H groups in total. The molecule has 0 bridgehead atoms. The fourth-order valence-corrected chi connectivity index (χ4v) is 5.99. The van der Waals surface area contributed by atoms with Crippen molar-refractivity contribution in [3.63, 3.8) is 0 Å². The van der Waals surface area contributed by atoms with Gasteiger partial charge in [0.15, 0.2) is 5.78 Å². The summed E-state index contributed by atoms with van der Waals surface area (Å²) in [6.07, 6.45) is 2.85. The van der Waals surface area contributed by atoms with Gasteiger partial charge in [-0.15, -0.1) is 6.58 Å². The number of nitrogens with one attached hydrogen (secondary N) is 4. The number of hydrogen-bond donors (Lipinski definition) is 4. The van der Waals surface area contributed by atoms with Crippen molar-refractivity contribution in [2.45, 2.75) is 106 Å². The van der Waals surface area contributed by atoms with Crippen LogP contribution in [0.1, 0.15) is 91.9 Å². The second-order valence-electron chi connectivity index (χ2n) is 15.5. The molecule has 270 valence electrons. The number of nitrogens with zero attached hydrogens (tertiary/aromatic N) is 1. The summed E-state index contributed by atoms with van der Waals surface area (Å²) in [5, 5.41) is 10.8. The second kappa shape index (κ2) is 17.4. The zero-order valence-electron chi connectivity index (χ0n) is 30.8. The third kappa shape index (κ3) is 11.1. The molecule has 0 saturated carbocycles. The number of likely N-dealkylation sites (tertiary alicyclic amines) is 1. The summed E-state index contributed by atoms with van der Waals surface area (Å²) in [5.41, 5.74) is -0.487. The normalized spacial score (nSPS) is 18.2. The fraction of sp³-hybridized carbons (Fsp3) is 0.579. The minimum absolute atomic E-state index is 0.0989. The summed E-state index contributed by atoms with van der Waals surface area (Å²) in [4.78, 5) is 82.5. The SMILES string of the molecule is C=CCNC(=O)C(=O)C(CCC)NC(=O)[C@@H]1C(=C)[C@@H](CC(C)C)CN1C(=O)[C@@H](NC(=O)NC(C(=O)c1ccccc1)C(C)(C)C)C(C)(C)C. The van der Waals surface area contributed by atoms with Gasteiger partial charge in [-0.2, -0.15) is 0 Å². The molecular formula is C38H57N5O6. The van der Waals surface area contributed by atoms with E-state index >= 15 is 0 Å². The molecule has 1 saturated heterocycles. The maximum absolute atomic E-state index is 14.5. The number of urea groups is 1. The number of rotatable bonds is 15. The number of hydrogen-bond acceptors (Lipinski definition) is 6. The van der Waals surface area contributed by atoms with E-state index in [9.17, 15) is 28.8 Å². The van der Waals surface area contributed by atoms with Gasteiger partial charge in [0.25, 0.3) is 5.91 Å². The molecule has 2 unspecified atom stereocenters. The average molecular weight is 680 g/mol. The van der Waals surface area contributed by atoms with Crippen LogP contribution in [0.3, 0.4) is 0 Å². The lowest BCUT2D eigenvalue weighted by Crippen LogP contribution is -2.61. The lowest BCUT2D eigenvalue weighted by Gasteiger charge is -2.37. The van der Waals surface area contributed by atoms with Crippen LogP contribution in [0.5, 0.6) is 0 Å². The van der Waals surface area contributed by atoms with Crippen LogP contribution in [0, 0.1) is 22.7 Å². The van der Waals surface area contributed by atoms with E-state index in [-0.39, 0.29) is 37.1 Å². The Balaban J connectivity index is 2.43. The van der Waals surface area contributed by atoms with Gasteiger partial charge < -0.3 is 26.2 Å². The lowest BCUT2D eigenvalue weighted by atomic mass is 9.82. The second-order valence-corrected chi connectivity index (χ2v) is 15.5. The number of Topliss-reactive ketones (excluding diaryl/α,β-unsaturated/α-hetero) is 2. The predicted octanol–water partition coefficient (Wildman–Crippen LogP) is 4.58. The predicted molar refractivity (Wildman–Crippen MR) is 192 cm³/mol. The van der Waals surface area contributed by atoms with Crippen molar-refractivity contribution in [2.75, 3.05) is 13.1 Å². The van der Waals surface area contributed by atoms with Crippen molar-refractivity contribution in [1.82, 2.24) is 26.2 Å². The van der Waals surface area contributed by atoms with Crippen LogP contribution < -0.4 is 21.3 Å². The summed E-state index contributed by atoms with van der Waals surface area (Å²) < 4.78 is 0. The third-order valence-electron chi connectivity index (χ3n) is 8.58. The molecule has 2 rings (SSSR count). The molecule has 0 spiro atoms. The van der Waals surface area contributed by atoms with E-state index in [2.05, 4.69) is 34.4 Å². The molecule has 11 nitrogen and oxygen atoms in total. The highest BCUT2D eigenvalue weighted by atomic mass is 16.2. The van der Waals surface area contributed by atoms with E-state index in [0.29, 0.717) is 24.0 Å². The molecule has 49 heavy (non-hydrogen) atoms. The van der Waals surface area contributed by atoms with Gasteiger partial charge in [0.05, 0.1) is 12.1 Å². The minimum atomic E-state index is -1.13. The molecule has 0 radical (unpaired) electrons. The topological polar surface area (TPSA) is 154 Å². The van der Waals surface area contributed by atoms with Gasteiger partial charge in [0.1, 0.15) is 12.1 Å². The summed E-state index contributed by atoms with van der Waals surface area (Å²) in [6.45, 7) is 24.9. The van der Waals surface area contributed by atoms with E-state index < -0.39 is 64.5 Å². The maximum atomic E-state index is 14.5. The van der Waals surface area contributed by atoms with E-state index in [1.54, 1.807) is 51.1 Å². The van der Waals surface area contributed by atoms with Crippen LogP contribution in [0.15, 0.2) is 55.1 Å². The van der Waals surface area contributed by atoms with Crippen molar-refractivity contribution in [2.24, 2.45) is 22.7 Å². The van der Waals surface area contributed by atoms with Gasteiger partial charge >= 0.3 is 6.03 Å². The Morgan fingerprint density at radius 1 is 0.918 bits per heavy atom. The number of amides is 5. The molecule has 1 aliphatic rings. The van der Waals surface area contributed by atoms with Crippen LogP contribution >= 0.6 is 0 Å². The standard InChI is InChI=1S/C38H57N5O6/c1-12-17-27(30(45)34(47)39-20-13-2)40-33(46)28-24(5)26(21-23(3)4)22-43(28)35(48)32(38(9,10)11)42-36(49)41-31(37(6,7)8)29(44)25-18-15-14-16-19-25/h13-16,18-19,23,26-28,31-32H,2,5,12,17,20-22H2,1,3-4,6-11H3,(H,39,47)(H,40,46)(H2,41,42,49)/t26-,27?,28-,31?,32+/m0/s1. The first-order chi connectivity index (χ1) is 22.7. The Morgan fingerprint density at radius 3 is 2.00 bits per heavy atom. The molecule has 0 aromatic heterocycles. The Kier molecular flexibility index (Phi) is 14.5. The molecule has 1 heterocycles. The zero-order chi connectivity index (χ0) is 37.3. The van der Waals surface area contributed by atoms with Crippen molar-refractivity contribution in [3.8, 4) is 0 Å². The molecule has 0 aliphatic carbocycles. The van der Waals surface area contributed by atoms with Crippen LogP contribution in [0.4, 0.5) is 4.79 Å². The monoisotopic (exact) mass is 679 g/mol. The van der Waals surface area contributed by atoms with Crippen LogP contribution in [-0.2, 0) is 19.2 Å². The van der Waals surface area contributed by atoms with E-state index in [4.69, 9.17) is 0 Å². The number of carbonyl (C=O) groups excluding carboxylic acids is 6. The van der Waals surface area contributed by atoms with Gasteiger partial charge in [-0.1, -0.05) is 112 Å². The molecule has 5 atom stereocenters. The minimum Gasteiger partial charge on any atom is -0.346 e. The summed E-state index contributed by atoms with van der Waals surface area (Å²) in [7, 11) is 0. The molecule has 1 aromatic carbocycles. The molecule has 5 amide bonds. The average Bonchev–Trinajstić information content (AvgIpc) is 3.34. The van der Waals surface area contributed by atoms with Gasteiger partial charge in [-0.3, -0.25) is 24.0 Å². The third-order valence-corrected chi connectivity index (χ3v) is 8.58. The molecule has 1 fully saturated rings. The summed E-state index contributed by atoms with van der Waals surface area (Å²) >= 11 is 0. The maximum Gasteiger partial charge on any atom is 0.316 e. The van der Waals surface area contributed by atoms with Crippen molar-refractivity contribution >= 4 is 35.3 Å². The Labute approximate surface area is 292 Å². The number of carbonyl (C=O) groups is 6. The number of ketones is 2. The van der Waals surface area contributed by atoms with E-state index in [0.717, 1.165) is 0 Å². The first-order valence-corrected chi connectivity index (χ1v) is 17.1. The molecule has 11 heteroatoms. The summed E-state index contributed by atoms with van der Waals surface area (Å²) in [6, 6.07) is 3.76. The van der Waals surface area contributed by atoms with Gasteiger partial charge in [0.2, 0.25) is 17.6 Å². The Bertz CT molecular complexity index is 1390. The van der Waals surface area contributed by atoms with Gasteiger partial charge in [0, 0.05) is 18.7 Å². The van der Waals surface area contributed by atoms with Crippen molar-refractivity contribution in [3.05, 3.63) is 60.7 Å². The molecule has 1 aliphatic heterocycles. The van der Waals surface area contributed by atoms with E-state index in [1.807, 2.05) is 41.5 Å². The van der Waals surface area contributed by atoms with E-state index in [1.165, 1.54) is 11.0 Å². The smallest absolute Gasteiger partial charge is 0.316 e. The van der Waals surface area contributed by atoms with Gasteiger partial charge in [-0.25, -0.2) is 4.79 Å². The van der Waals surface area contributed by atoms with Crippen LogP contribution in [-0.4, -0.2) is 77.5 Å². The van der Waals surface area contributed by atoms with Crippen LogP contribution in [0.25, 0.3) is 0 Å². The fourth-order valence-electron chi connectivity index (χ4n) is 5.99. The lowest BCUT2D eigenvalue weighted by molar-refractivity contribution is -0.143. The quantitative estimate of drug-likeness (QED) is 0.121. The largest absolute Gasteiger partial charge is 0.346 e. The number of benzene rings is 1. The Hall–Kier alpha value is -4.28. The first-order valence-electron chi connectivity index (χ1n) is 17.1. The molecule has 1 aromatic rings. The van der Waals surface area contributed by atoms with Crippen molar-refractivity contribution < 1.29 is 28.8 Å². The molecular weight excluding hydrogens is 622 g/mol. The van der Waals surface area contributed by atoms with Crippen molar-refractivity contribution in [1.29, 1.82) is 0 Å². The highest BCUT2D eigenvalue weighted by Gasteiger charge is 2.48. The summed E-state index contributed by atoms with van der Waals surface area (Å²) in [5.74, 6) is -2.98. The Morgan fingerprint density at radius 2 is 1.49 bits per heavy atom.